The van der Waals surface area contributed by atoms with Crippen LogP contribution in [0.5, 0.6) is 0 Å². The summed E-state index contributed by atoms with van der Waals surface area (Å²) in [5.74, 6) is -0.110. The SMILES string of the molecule is CS[C@@H]1CCCC[C@@H]1NS(=O)(=O)Cc1ccon1. The molecule has 0 spiro atoms. The lowest BCUT2D eigenvalue weighted by molar-refractivity contribution is 0.411. The van der Waals surface area contributed by atoms with E-state index in [-0.39, 0.29) is 11.8 Å². The molecule has 5 nitrogen and oxygen atoms in total. The summed E-state index contributed by atoms with van der Waals surface area (Å²) in [5.41, 5.74) is 0.444. The van der Waals surface area contributed by atoms with E-state index in [2.05, 4.69) is 14.4 Å². The van der Waals surface area contributed by atoms with E-state index in [0.717, 1.165) is 19.3 Å². The average molecular weight is 290 g/mol. The van der Waals surface area contributed by atoms with E-state index in [4.69, 9.17) is 0 Å². The van der Waals surface area contributed by atoms with E-state index in [1.807, 2.05) is 6.26 Å². The first-order valence-electron chi connectivity index (χ1n) is 6.03. The highest BCUT2D eigenvalue weighted by Gasteiger charge is 2.28. The summed E-state index contributed by atoms with van der Waals surface area (Å²) >= 11 is 1.74. The van der Waals surface area contributed by atoms with Gasteiger partial charge in [-0.3, -0.25) is 0 Å². The van der Waals surface area contributed by atoms with Crippen LogP contribution < -0.4 is 4.72 Å². The van der Waals surface area contributed by atoms with Gasteiger partial charge in [-0.25, -0.2) is 13.1 Å². The van der Waals surface area contributed by atoms with Crippen LogP contribution in [-0.2, 0) is 15.8 Å². The average Bonchev–Trinajstić information content (AvgIpc) is 2.81. The molecule has 7 heteroatoms. The van der Waals surface area contributed by atoms with Crippen molar-refractivity contribution < 1.29 is 12.9 Å². The van der Waals surface area contributed by atoms with Crippen LogP contribution in [0.2, 0.25) is 0 Å². The van der Waals surface area contributed by atoms with Crippen molar-refractivity contribution in [1.29, 1.82) is 0 Å². The van der Waals surface area contributed by atoms with Crippen LogP contribution in [0, 0.1) is 0 Å². The largest absolute Gasteiger partial charge is 0.364 e. The molecule has 1 N–H and O–H groups in total. The topological polar surface area (TPSA) is 72.2 Å². The van der Waals surface area contributed by atoms with Crippen molar-refractivity contribution in [3.05, 3.63) is 18.0 Å². The van der Waals surface area contributed by atoms with Crippen LogP contribution in [0.15, 0.2) is 16.9 Å². The van der Waals surface area contributed by atoms with E-state index in [9.17, 15) is 8.42 Å². The minimum Gasteiger partial charge on any atom is -0.364 e. The standard InChI is InChI=1S/C11H18N2O3S2/c1-17-11-5-3-2-4-10(11)13-18(14,15)8-9-6-7-16-12-9/h6-7,10-11,13H,2-5,8H2,1H3/t10-,11+/m0/s1. The Bertz CT molecular complexity index is 459. The highest BCUT2D eigenvalue weighted by Crippen LogP contribution is 2.27. The molecule has 1 aromatic rings. The summed E-state index contributed by atoms with van der Waals surface area (Å²) in [6, 6.07) is 1.62. The Hall–Kier alpha value is -0.530. The van der Waals surface area contributed by atoms with Crippen molar-refractivity contribution in [3.63, 3.8) is 0 Å². The molecule has 1 aliphatic rings. The molecule has 0 bridgehead atoms. The molecular formula is C11H18N2O3S2. The quantitative estimate of drug-likeness (QED) is 0.894. The number of hydrogen-bond acceptors (Lipinski definition) is 5. The number of nitrogens with zero attached hydrogens (tertiary/aromatic N) is 1. The maximum absolute atomic E-state index is 12.0. The molecule has 0 saturated heterocycles. The Morgan fingerprint density at radius 3 is 2.94 bits per heavy atom. The van der Waals surface area contributed by atoms with E-state index >= 15 is 0 Å². The van der Waals surface area contributed by atoms with Gasteiger partial charge in [-0.05, 0) is 19.1 Å². The third kappa shape index (κ3) is 3.73. The Kier molecular flexibility index (Phi) is 4.69. The molecule has 1 aliphatic carbocycles. The fourth-order valence-corrected chi connectivity index (χ4v) is 4.68. The van der Waals surface area contributed by atoms with E-state index < -0.39 is 10.0 Å². The van der Waals surface area contributed by atoms with Crippen molar-refractivity contribution in [2.45, 2.75) is 42.7 Å². The van der Waals surface area contributed by atoms with Crippen molar-refractivity contribution in [2.24, 2.45) is 0 Å². The van der Waals surface area contributed by atoms with E-state index in [0.29, 0.717) is 10.9 Å². The van der Waals surface area contributed by atoms with Crippen molar-refractivity contribution in [1.82, 2.24) is 9.88 Å². The van der Waals surface area contributed by atoms with Gasteiger partial charge in [0, 0.05) is 17.4 Å². The van der Waals surface area contributed by atoms with E-state index in [1.54, 1.807) is 17.8 Å². The first kappa shape index (κ1) is 13.9. The fraction of sp³-hybridized carbons (Fsp3) is 0.727. The number of aromatic nitrogens is 1. The zero-order valence-electron chi connectivity index (χ0n) is 10.3. The van der Waals surface area contributed by atoms with Crippen LogP contribution in [0.1, 0.15) is 31.4 Å². The molecule has 1 aromatic heterocycles. The first-order valence-corrected chi connectivity index (χ1v) is 8.97. The van der Waals surface area contributed by atoms with Crippen molar-refractivity contribution in [3.8, 4) is 0 Å². The molecular weight excluding hydrogens is 272 g/mol. The van der Waals surface area contributed by atoms with Crippen LogP contribution in [0.25, 0.3) is 0 Å². The lowest BCUT2D eigenvalue weighted by Crippen LogP contribution is -2.44. The predicted octanol–water partition coefficient (Wildman–Crippen LogP) is 1.77. The molecule has 2 atom stereocenters. The van der Waals surface area contributed by atoms with Crippen LogP contribution >= 0.6 is 11.8 Å². The Balaban J connectivity index is 1.98. The number of thioether (sulfide) groups is 1. The third-order valence-corrected chi connectivity index (χ3v) is 5.67. The molecule has 0 amide bonds. The first-order chi connectivity index (χ1) is 8.61. The normalized spacial score (nSPS) is 25.2. The smallest absolute Gasteiger partial charge is 0.217 e. The molecule has 1 saturated carbocycles. The highest BCUT2D eigenvalue weighted by molar-refractivity contribution is 7.99. The Morgan fingerprint density at radius 1 is 1.50 bits per heavy atom. The Labute approximate surface area is 112 Å². The molecule has 0 unspecified atom stereocenters. The number of rotatable bonds is 5. The lowest BCUT2D eigenvalue weighted by atomic mass is 9.96. The molecule has 1 fully saturated rings. The molecule has 0 radical (unpaired) electrons. The molecule has 18 heavy (non-hydrogen) atoms. The van der Waals surface area contributed by atoms with Gasteiger partial charge in [0.1, 0.15) is 12.0 Å². The van der Waals surface area contributed by atoms with Gasteiger partial charge < -0.3 is 4.52 Å². The minimum absolute atomic E-state index is 0.0469. The van der Waals surface area contributed by atoms with Crippen LogP contribution in [-0.4, -0.2) is 31.1 Å². The molecule has 102 valence electrons. The van der Waals surface area contributed by atoms with E-state index in [1.165, 1.54) is 12.7 Å². The van der Waals surface area contributed by atoms with Gasteiger partial charge in [-0.2, -0.15) is 11.8 Å². The van der Waals surface area contributed by atoms with Crippen molar-refractivity contribution in [2.75, 3.05) is 6.26 Å². The molecule has 0 aromatic carbocycles. The summed E-state index contributed by atoms with van der Waals surface area (Å²) in [5, 5.41) is 4.01. The molecule has 1 heterocycles. The molecule has 0 aliphatic heterocycles. The van der Waals surface area contributed by atoms with Crippen LogP contribution in [0.4, 0.5) is 0 Å². The minimum atomic E-state index is -3.33. The number of hydrogen-bond donors (Lipinski definition) is 1. The van der Waals surface area contributed by atoms with Gasteiger partial charge >= 0.3 is 0 Å². The fourth-order valence-electron chi connectivity index (χ4n) is 2.29. The second-order valence-corrected chi connectivity index (χ2v) is 7.36. The number of sulfonamides is 1. The Morgan fingerprint density at radius 2 is 2.28 bits per heavy atom. The summed E-state index contributed by atoms with van der Waals surface area (Å²) in [6.07, 6.45) is 7.70. The lowest BCUT2D eigenvalue weighted by Gasteiger charge is -2.30. The monoisotopic (exact) mass is 290 g/mol. The second kappa shape index (κ2) is 6.08. The zero-order chi connectivity index (χ0) is 13.0. The summed E-state index contributed by atoms with van der Waals surface area (Å²) < 4.78 is 31.5. The summed E-state index contributed by atoms with van der Waals surface area (Å²) in [4.78, 5) is 0. The van der Waals surface area contributed by atoms with Gasteiger partial charge in [0.05, 0.1) is 5.69 Å². The van der Waals surface area contributed by atoms with Gasteiger partial charge in [0.25, 0.3) is 0 Å². The molecule has 2 rings (SSSR count). The predicted molar refractivity (Wildman–Crippen MR) is 71.8 cm³/mol. The summed E-state index contributed by atoms with van der Waals surface area (Å²) in [6.45, 7) is 0. The van der Waals surface area contributed by atoms with Gasteiger partial charge in [-0.1, -0.05) is 18.0 Å². The van der Waals surface area contributed by atoms with Gasteiger partial charge in [0.15, 0.2) is 0 Å². The third-order valence-electron chi connectivity index (χ3n) is 3.17. The number of nitrogens with one attached hydrogen (secondary N) is 1. The van der Waals surface area contributed by atoms with Crippen LogP contribution in [0.3, 0.4) is 0 Å². The van der Waals surface area contributed by atoms with Crippen molar-refractivity contribution >= 4 is 21.8 Å². The highest BCUT2D eigenvalue weighted by atomic mass is 32.2. The second-order valence-electron chi connectivity index (χ2n) is 4.53. The maximum atomic E-state index is 12.0. The maximum Gasteiger partial charge on any atom is 0.217 e. The van der Waals surface area contributed by atoms with Gasteiger partial charge in [0.2, 0.25) is 10.0 Å². The van der Waals surface area contributed by atoms with Gasteiger partial charge in [-0.15, -0.1) is 0 Å². The zero-order valence-corrected chi connectivity index (χ0v) is 12.0. The summed E-state index contributed by atoms with van der Waals surface area (Å²) in [7, 11) is -3.33.